The van der Waals surface area contributed by atoms with Gasteiger partial charge in [0.1, 0.15) is 0 Å². The van der Waals surface area contributed by atoms with E-state index < -0.39 is 10.0 Å². The van der Waals surface area contributed by atoms with Gasteiger partial charge in [0.15, 0.2) is 0 Å². The molecule has 0 radical (unpaired) electrons. The van der Waals surface area contributed by atoms with Gasteiger partial charge in [-0.05, 0) is 53.6 Å². The Morgan fingerprint density at radius 2 is 1.58 bits per heavy atom. The number of aromatic nitrogens is 1. The smallest absolute Gasteiger partial charge is 0.294 e. The van der Waals surface area contributed by atoms with E-state index in [4.69, 9.17) is 11.6 Å². The van der Waals surface area contributed by atoms with Crippen LogP contribution in [0.5, 0.6) is 0 Å². The summed E-state index contributed by atoms with van der Waals surface area (Å²) >= 11 is 8.55. The molecule has 4 aromatic carbocycles. The van der Waals surface area contributed by atoms with Gasteiger partial charge in [-0.25, -0.2) is 8.42 Å². The fraction of sp³-hybridized carbons (Fsp3) is 0.0741. The van der Waals surface area contributed by atoms with Crippen molar-refractivity contribution in [2.24, 2.45) is 0 Å². The maximum Gasteiger partial charge on any atom is 0.308 e. The Kier molecular flexibility index (Phi) is 7.20. The van der Waals surface area contributed by atoms with Crippen LogP contribution < -0.4 is 9.60 Å². The van der Waals surface area contributed by atoms with Crippen LogP contribution in [0.1, 0.15) is 11.1 Å². The van der Waals surface area contributed by atoms with Crippen molar-refractivity contribution in [1.82, 2.24) is 4.57 Å². The van der Waals surface area contributed by atoms with Gasteiger partial charge in [-0.3, -0.25) is 14.1 Å². The van der Waals surface area contributed by atoms with Gasteiger partial charge in [-0.2, -0.15) is 0 Å². The second kappa shape index (κ2) is 10.5. The molecule has 0 atom stereocenters. The largest absolute Gasteiger partial charge is 0.308 e. The normalized spacial score (nSPS) is 11.6. The first-order valence-electron chi connectivity index (χ1n) is 11.1. The van der Waals surface area contributed by atoms with Crippen molar-refractivity contribution in [2.75, 3.05) is 4.72 Å². The van der Waals surface area contributed by atoms with E-state index >= 15 is 0 Å². The first-order chi connectivity index (χ1) is 17.4. The Balaban J connectivity index is 1.38. The summed E-state index contributed by atoms with van der Waals surface area (Å²) in [5.41, 5.74) is 3.31. The number of sulfonamides is 1. The van der Waals surface area contributed by atoms with Gasteiger partial charge in [0.05, 0.1) is 27.3 Å². The highest BCUT2D eigenvalue weighted by Crippen LogP contribution is 2.32. The standard InChI is InChI=1S/C27H21ClN2O3S3/c28-21-12-10-20(11-13-21)18-34-25-9-5-4-8-23(25)29-36(32,33)22-14-15-24-26(16-22)35-27(31)30(24)17-19-6-2-1-3-7-19/h1-16,29H,17-18H2. The van der Waals surface area contributed by atoms with E-state index in [1.54, 1.807) is 34.9 Å². The third-order valence-corrected chi connectivity index (χ3v) is 9.27. The topological polar surface area (TPSA) is 68.2 Å². The molecule has 0 saturated heterocycles. The second-order valence-corrected chi connectivity index (χ2v) is 12.2. The minimum Gasteiger partial charge on any atom is -0.294 e. The molecule has 0 bridgehead atoms. The number of para-hydroxylation sites is 1. The fourth-order valence-corrected chi connectivity index (χ4v) is 7.02. The van der Waals surface area contributed by atoms with Gasteiger partial charge in [-0.15, -0.1) is 11.8 Å². The van der Waals surface area contributed by atoms with E-state index in [1.807, 2.05) is 66.7 Å². The Morgan fingerprint density at radius 1 is 0.861 bits per heavy atom. The number of thiazole rings is 1. The number of fused-ring (bicyclic) bond motifs is 1. The summed E-state index contributed by atoms with van der Waals surface area (Å²) in [6, 6.07) is 29.4. The molecule has 0 spiro atoms. The van der Waals surface area contributed by atoms with Crippen molar-refractivity contribution in [1.29, 1.82) is 0 Å². The molecule has 5 nitrogen and oxygen atoms in total. The summed E-state index contributed by atoms with van der Waals surface area (Å²) in [6.07, 6.45) is 0. The third-order valence-electron chi connectivity index (χ3n) is 5.57. The third kappa shape index (κ3) is 5.52. The minimum atomic E-state index is -3.86. The highest BCUT2D eigenvalue weighted by atomic mass is 35.5. The van der Waals surface area contributed by atoms with Gasteiger partial charge in [0.25, 0.3) is 10.0 Å². The average Bonchev–Trinajstić information content (AvgIpc) is 3.19. The van der Waals surface area contributed by atoms with E-state index in [0.29, 0.717) is 33.2 Å². The van der Waals surface area contributed by atoms with Crippen molar-refractivity contribution in [3.63, 3.8) is 0 Å². The quantitative estimate of drug-likeness (QED) is 0.214. The van der Waals surface area contributed by atoms with Crippen molar-refractivity contribution in [2.45, 2.75) is 22.1 Å². The maximum absolute atomic E-state index is 13.3. The SMILES string of the molecule is O=c1sc2cc(S(=O)(=O)Nc3ccccc3SCc3ccc(Cl)cc3)ccc2n1Cc1ccccc1. The Hall–Kier alpha value is -3.04. The number of hydrogen-bond acceptors (Lipinski definition) is 5. The summed E-state index contributed by atoms with van der Waals surface area (Å²) < 4.78 is 31.6. The molecule has 1 aromatic heterocycles. The second-order valence-electron chi connectivity index (χ2n) is 8.09. The highest BCUT2D eigenvalue weighted by Gasteiger charge is 2.19. The average molecular weight is 553 g/mol. The van der Waals surface area contributed by atoms with E-state index in [1.165, 1.54) is 11.8 Å². The number of anilines is 1. The van der Waals surface area contributed by atoms with Gasteiger partial charge in [0.2, 0.25) is 0 Å². The molecular formula is C27H21ClN2O3S3. The monoisotopic (exact) mass is 552 g/mol. The van der Waals surface area contributed by atoms with Crippen LogP contribution in [0.25, 0.3) is 10.2 Å². The summed E-state index contributed by atoms with van der Waals surface area (Å²) in [7, 11) is -3.86. The van der Waals surface area contributed by atoms with Crippen LogP contribution in [0.4, 0.5) is 5.69 Å². The zero-order valence-corrected chi connectivity index (χ0v) is 22.1. The molecule has 9 heteroatoms. The van der Waals surface area contributed by atoms with Crippen LogP contribution in [0.2, 0.25) is 5.02 Å². The van der Waals surface area contributed by atoms with E-state index in [0.717, 1.165) is 27.4 Å². The van der Waals surface area contributed by atoms with Crippen LogP contribution in [-0.2, 0) is 22.3 Å². The number of thioether (sulfide) groups is 1. The summed E-state index contributed by atoms with van der Waals surface area (Å²) in [6.45, 7) is 0.433. The highest BCUT2D eigenvalue weighted by molar-refractivity contribution is 7.98. The van der Waals surface area contributed by atoms with Gasteiger partial charge >= 0.3 is 4.87 Å². The maximum atomic E-state index is 13.3. The fourth-order valence-electron chi connectivity index (χ4n) is 3.75. The molecular weight excluding hydrogens is 532 g/mol. The molecule has 0 aliphatic rings. The number of nitrogens with zero attached hydrogens (tertiary/aromatic N) is 1. The molecule has 36 heavy (non-hydrogen) atoms. The molecule has 0 saturated carbocycles. The first kappa shape index (κ1) is 24.6. The summed E-state index contributed by atoms with van der Waals surface area (Å²) in [5, 5.41) is 0.675. The lowest BCUT2D eigenvalue weighted by Crippen LogP contribution is -2.14. The van der Waals surface area contributed by atoms with Crippen LogP contribution in [-0.4, -0.2) is 13.0 Å². The van der Waals surface area contributed by atoms with E-state index in [9.17, 15) is 13.2 Å². The van der Waals surface area contributed by atoms with Crippen LogP contribution in [0, 0.1) is 0 Å². The van der Waals surface area contributed by atoms with Crippen molar-refractivity contribution in [3.8, 4) is 0 Å². The molecule has 182 valence electrons. The molecule has 0 fully saturated rings. The molecule has 5 rings (SSSR count). The Bertz CT molecular complexity index is 1680. The van der Waals surface area contributed by atoms with Crippen LogP contribution in [0.3, 0.4) is 0 Å². The molecule has 5 aromatic rings. The number of rotatable bonds is 8. The van der Waals surface area contributed by atoms with Crippen molar-refractivity contribution in [3.05, 3.63) is 123 Å². The van der Waals surface area contributed by atoms with Crippen LogP contribution >= 0.6 is 34.7 Å². The number of hydrogen-bond donors (Lipinski definition) is 1. The number of benzene rings is 4. The number of nitrogens with one attached hydrogen (secondary N) is 1. The van der Waals surface area contributed by atoms with Crippen molar-refractivity contribution < 1.29 is 8.42 Å². The molecule has 1 N–H and O–H groups in total. The molecule has 1 heterocycles. The Labute approximate surface area is 222 Å². The van der Waals surface area contributed by atoms with Crippen LogP contribution in [0.15, 0.2) is 112 Å². The van der Waals surface area contributed by atoms with Gasteiger partial charge in [0, 0.05) is 15.7 Å². The van der Waals surface area contributed by atoms with Gasteiger partial charge in [-0.1, -0.05) is 77.5 Å². The molecule has 0 aliphatic heterocycles. The lowest BCUT2D eigenvalue weighted by molar-refractivity contribution is 0.601. The lowest BCUT2D eigenvalue weighted by atomic mass is 10.2. The summed E-state index contributed by atoms with van der Waals surface area (Å²) in [5.74, 6) is 0.671. The predicted octanol–water partition coefficient (Wildman–Crippen LogP) is 6.86. The lowest BCUT2D eigenvalue weighted by Gasteiger charge is -2.13. The molecule has 0 amide bonds. The van der Waals surface area contributed by atoms with E-state index in [-0.39, 0.29) is 9.77 Å². The predicted molar refractivity (Wildman–Crippen MR) is 150 cm³/mol. The zero-order chi connectivity index (χ0) is 25.1. The molecule has 0 unspecified atom stereocenters. The van der Waals surface area contributed by atoms with Gasteiger partial charge < -0.3 is 0 Å². The molecule has 0 aliphatic carbocycles. The van der Waals surface area contributed by atoms with E-state index in [2.05, 4.69) is 4.72 Å². The minimum absolute atomic E-state index is 0.112. The van der Waals surface area contributed by atoms with Crippen molar-refractivity contribution >= 4 is 60.6 Å². The summed E-state index contributed by atoms with van der Waals surface area (Å²) in [4.78, 5) is 13.5. The Morgan fingerprint density at radius 3 is 2.36 bits per heavy atom. The first-order valence-corrected chi connectivity index (χ1v) is 14.7. The number of halogens is 1. The zero-order valence-electron chi connectivity index (χ0n) is 18.9.